The average molecular weight is 260 g/mol. The lowest BCUT2D eigenvalue weighted by Crippen LogP contribution is -1.91. The first kappa shape index (κ1) is 13.1. The molecule has 2 nitrogen and oxygen atoms in total. The molecule has 1 aromatic rings. The lowest BCUT2D eigenvalue weighted by atomic mass is 10.0. The quantitative estimate of drug-likeness (QED) is 0.777. The molecule has 0 aliphatic heterocycles. The highest BCUT2D eigenvalue weighted by Gasteiger charge is 2.20. The summed E-state index contributed by atoms with van der Waals surface area (Å²) >= 11 is 1.35. The van der Waals surface area contributed by atoms with Gasteiger partial charge < -0.3 is 0 Å². The number of hydrogen-bond donors (Lipinski definition) is 0. The first-order valence-electron chi connectivity index (χ1n) is 6.13. The Kier molecular flexibility index (Phi) is 4.37. The lowest BCUT2D eigenvalue weighted by molar-refractivity contribution is -0.109. The SMILES string of the molecule is CC(=O)SCCC=Cc1cccc2c1CCC2=O. The molecule has 0 saturated carbocycles. The van der Waals surface area contributed by atoms with Crippen LogP contribution in [0.5, 0.6) is 0 Å². The smallest absolute Gasteiger partial charge is 0.185 e. The van der Waals surface area contributed by atoms with E-state index in [-0.39, 0.29) is 10.9 Å². The highest BCUT2D eigenvalue weighted by atomic mass is 32.2. The number of benzene rings is 1. The molecular formula is C15H16O2S. The molecule has 0 spiro atoms. The number of ketones is 1. The van der Waals surface area contributed by atoms with Crippen LogP contribution in [0.3, 0.4) is 0 Å². The van der Waals surface area contributed by atoms with Gasteiger partial charge in [-0.05, 0) is 24.0 Å². The van der Waals surface area contributed by atoms with Crippen LogP contribution in [0.2, 0.25) is 0 Å². The second-order valence-corrected chi connectivity index (χ2v) is 5.60. The zero-order valence-electron chi connectivity index (χ0n) is 10.4. The van der Waals surface area contributed by atoms with Crippen LogP contribution in [-0.4, -0.2) is 16.7 Å². The molecule has 0 atom stereocenters. The number of hydrogen-bond acceptors (Lipinski definition) is 3. The van der Waals surface area contributed by atoms with Crippen LogP contribution in [0.15, 0.2) is 24.3 Å². The molecule has 2 rings (SSSR count). The van der Waals surface area contributed by atoms with Gasteiger partial charge in [0.25, 0.3) is 0 Å². The zero-order chi connectivity index (χ0) is 13.0. The van der Waals surface area contributed by atoms with Crippen molar-refractivity contribution in [1.82, 2.24) is 0 Å². The summed E-state index contributed by atoms with van der Waals surface area (Å²) in [6.45, 7) is 1.59. The van der Waals surface area contributed by atoms with E-state index in [0.717, 1.165) is 29.7 Å². The van der Waals surface area contributed by atoms with Crippen molar-refractivity contribution in [2.75, 3.05) is 5.75 Å². The number of carbonyl (C=O) groups excluding carboxylic acids is 2. The largest absolute Gasteiger partial charge is 0.294 e. The van der Waals surface area contributed by atoms with E-state index >= 15 is 0 Å². The van der Waals surface area contributed by atoms with Gasteiger partial charge >= 0.3 is 0 Å². The first-order valence-corrected chi connectivity index (χ1v) is 7.12. The summed E-state index contributed by atoms with van der Waals surface area (Å²) in [7, 11) is 0. The van der Waals surface area contributed by atoms with Crippen molar-refractivity contribution in [2.45, 2.75) is 26.2 Å². The van der Waals surface area contributed by atoms with Crippen LogP contribution in [-0.2, 0) is 11.2 Å². The van der Waals surface area contributed by atoms with E-state index in [4.69, 9.17) is 0 Å². The van der Waals surface area contributed by atoms with Crippen LogP contribution in [0, 0.1) is 0 Å². The fourth-order valence-electron chi connectivity index (χ4n) is 2.16. The van der Waals surface area contributed by atoms with E-state index in [2.05, 4.69) is 12.2 Å². The van der Waals surface area contributed by atoms with Crippen molar-refractivity contribution >= 4 is 28.7 Å². The third-order valence-corrected chi connectivity index (χ3v) is 3.85. The molecule has 0 radical (unpaired) electrons. The summed E-state index contributed by atoms with van der Waals surface area (Å²) in [6, 6.07) is 5.89. The second-order valence-electron chi connectivity index (χ2n) is 4.33. The Morgan fingerprint density at radius 1 is 1.39 bits per heavy atom. The van der Waals surface area contributed by atoms with Gasteiger partial charge in [0.15, 0.2) is 10.9 Å². The highest BCUT2D eigenvalue weighted by molar-refractivity contribution is 8.13. The van der Waals surface area contributed by atoms with Crippen LogP contribution in [0.25, 0.3) is 6.08 Å². The van der Waals surface area contributed by atoms with E-state index in [9.17, 15) is 9.59 Å². The first-order chi connectivity index (χ1) is 8.68. The van der Waals surface area contributed by atoms with E-state index in [1.807, 2.05) is 18.2 Å². The molecule has 0 bridgehead atoms. The third-order valence-electron chi connectivity index (χ3n) is 3.00. The summed E-state index contributed by atoms with van der Waals surface area (Å²) in [6.07, 6.45) is 6.52. The summed E-state index contributed by atoms with van der Waals surface area (Å²) < 4.78 is 0. The van der Waals surface area contributed by atoms with Gasteiger partial charge in [0.05, 0.1) is 0 Å². The van der Waals surface area contributed by atoms with Gasteiger partial charge in [0, 0.05) is 24.7 Å². The van der Waals surface area contributed by atoms with Crippen LogP contribution in [0.4, 0.5) is 0 Å². The van der Waals surface area contributed by atoms with Gasteiger partial charge in [-0.1, -0.05) is 42.1 Å². The molecule has 1 aromatic carbocycles. The van der Waals surface area contributed by atoms with Gasteiger partial charge in [-0.15, -0.1) is 0 Å². The van der Waals surface area contributed by atoms with E-state index in [1.165, 1.54) is 17.3 Å². The van der Waals surface area contributed by atoms with Crippen molar-refractivity contribution in [1.29, 1.82) is 0 Å². The lowest BCUT2D eigenvalue weighted by Gasteiger charge is -2.02. The van der Waals surface area contributed by atoms with Crippen molar-refractivity contribution in [3.8, 4) is 0 Å². The Bertz CT molecular complexity index is 503. The summed E-state index contributed by atoms with van der Waals surface area (Å²) in [5.41, 5.74) is 3.21. The number of thioether (sulfide) groups is 1. The predicted molar refractivity (Wildman–Crippen MR) is 75.9 cm³/mol. The molecular weight excluding hydrogens is 244 g/mol. The Morgan fingerprint density at radius 3 is 3.00 bits per heavy atom. The number of rotatable bonds is 4. The molecule has 3 heteroatoms. The molecule has 18 heavy (non-hydrogen) atoms. The second kappa shape index (κ2) is 6.01. The molecule has 1 aliphatic rings. The fourth-order valence-corrected chi connectivity index (χ4v) is 2.70. The molecule has 0 N–H and O–H groups in total. The topological polar surface area (TPSA) is 34.1 Å². The Labute approximate surface area is 111 Å². The van der Waals surface area contributed by atoms with Crippen molar-refractivity contribution in [3.05, 3.63) is 41.0 Å². The van der Waals surface area contributed by atoms with E-state index in [0.29, 0.717) is 6.42 Å². The van der Waals surface area contributed by atoms with Crippen LogP contribution in [0.1, 0.15) is 41.3 Å². The van der Waals surface area contributed by atoms with Gasteiger partial charge in [-0.3, -0.25) is 9.59 Å². The maximum Gasteiger partial charge on any atom is 0.185 e. The number of Topliss-reactive ketones (excluding diaryl/α,β-unsaturated/α-hetero) is 1. The monoisotopic (exact) mass is 260 g/mol. The normalized spacial score (nSPS) is 14.2. The number of fused-ring (bicyclic) bond motifs is 1. The summed E-state index contributed by atoms with van der Waals surface area (Å²) in [4.78, 5) is 22.4. The maximum absolute atomic E-state index is 11.6. The van der Waals surface area contributed by atoms with E-state index < -0.39 is 0 Å². The summed E-state index contributed by atoms with van der Waals surface area (Å²) in [5, 5.41) is 0.162. The van der Waals surface area contributed by atoms with Crippen molar-refractivity contribution in [2.24, 2.45) is 0 Å². The molecule has 0 saturated heterocycles. The van der Waals surface area contributed by atoms with Gasteiger partial charge in [-0.2, -0.15) is 0 Å². The minimum Gasteiger partial charge on any atom is -0.294 e. The zero-order valence-corrected chi connectivity index (χ0v) is 11.3. The van der Waals surface area contributed by atoms with Crippen LogP contribution >= 0.6 is 11.8 Å². The Morgan fingerprint density at radius 2 is 2.22 bits per heavy atom. The average Bonchev–Trinajstić information content (AvgIpc) is 2.71. The summed E-state index contributed by atoms with van der Waals surface area (Å²) in [5.74, 6) is 1.08. The Balaban J connectivity index is 2.00. The van der Waals surface area contributed by atoms with E-state index in [1.54, 1.807) is 6.92 Å². The standard InChI is InChI=1S/C15H16O2S/c1-11(16)18-10-3-2-5-12-6-4-7-14-13(12)8-9-15(14)17/h2,4-7H,3,8-10H2,1H3. The molecule has 0 fully saturated rings. The molecule has 94 valence electrons. The van der Waals surface area contributed by atoms with Gasteiger partial charge in [0.2, 0.25) is 0 Å². The predicted octanol–water partition coefficient (Wildman–Crippen LogP) is 3.50. The van der Waals surface area contributed by atoms with Gasteiger partial charge in [-0.25, -0.2) is 0 Å². The fraction of sp³-hybridized carbons (Fsp3) is 0.333. The van der Waals surface area contributed by atoms with Crippen molar-refractivity contribution in [3.63, 3.8) is 0 Å². The third kappa shape index (κ3) is 3.10. The molecule has 0 heterocycles. The Hall–Kier alpha value is -1.35. The molecule has 0 aromatic heterocycles. The highest BCUT2D eigenvalue weighted by Crippen LogP contribution is 2.26. The molecule has 1 aliphatic carbocycles. The molecule has 0 unspecified atom stereocenters. The van der Waals surface area contributed by atoms with Crippen LogP contribution < -0.4 is 0 Å². The minimum atomic E-state index is 0.162. The van der Waals surface area contributed by atoms with Gasteiger partial charge in [0.1, 0.15) is 0 Å². The number of carbonyl (C=O) groups is 2. The number of allylic oxidation sites excluding steroid dienone is 1. The molecule has 0 amide bonds. The minimum absolute atomic E-state index is 0.162. The maximum atomic E-state index is 11.6. The van der Waals surface area contributed by atoms with Crippen molar-refractivity contribution < 1.29 is 9.59 Å².